The summed E-state index contributed by atoms with van der Waals surface area (Å²) in [4.78, 5) is 0. The predicted molar refractivity (Wildman–Crippen MR) is 68.2 cm³/mol. The van der Waals surface area contributed by atoms with Crippen molar-refractivity contribution in [3.05, 3.63) is 34.9 Å². The van der Waals surface area contributed by atoms with Crippen LogP contribution in [-0.2, 0) is 11.3 Å². The Bertz CT molecular complexity index is 358. The van der Waals surface area contributed by atoms with E-state index >= 15 is 0 Å². The summed E-state index contributed by atoms with van der Waals surface area (Å²) in [5.41, 5.74) is 3.92. The molecule has 17 heavy (non-hydrogen) atoms. The summed E-state index contributed by atoms with van der Waals surface area (Å²) < 4.78 is 6.68. The molecule has 3 heteroatoms. The molecular formula is C14H24INO. The summed E-state index contributed by atoms with van der Waals surface area (Å²) >= 11 is 0. The fourth-order valence-corrected chi connectivity index (χ4v) is 1.33. The molecule has 0 aliphatic rings. The predicted octanol–water partition coefficient (Wildman–Crippen LogP) is -0.124. The van der Waals surface area contributed by atoms with Crippen molar-refractivity contribution >= 4 is 0 Å². The first kappa shape index (κ1) is 16.9. The Morgan fingerprint density at radius 2 is 1.71 bits per heavy atom. The van der Waals surface area contributed by atoms with Gasteiger partial charge in [0, 0.05) is 6.92 Å². The van der Waals surface area contributed by atoms with Crippen LogP contribution in [0.15, 0.2) is 18.2 Å². The zero-order valence-corrected chi connectivity index (χ0v) is 13.9. The van der Waals surface area contributed by atoms with Crippen LogP contribution in [0.25, 0.3) is 0 Å². The summed E-state index contributed by atoms with van der Waals surface area (Å²) in [7, 11) is 6.43. The lowest BCUT2D eigenvalue weighted by Crippen LogP contribution is -3.00. The van der Waals surface area contributed by atoms with E-state index in [0.717, 1.165) is 4.48 Å². The SMILES string of the molecule is Cc1ccc(COC(C)[N+](C)(C)C)cc1C.[I-]. The molecule has 0 N–H and O–H groups in total. The molecule has 0 aliphatic carbocycles. The number of aryl methyl sites for hydroxylation is 2. The van der Waals surface area contributed by atoms with E-state index < -0.39 is 0 Å². The van der Waals surface area contributed by atoms with Crippen molar-refractivity contribution in [1.29, 1.82) is 0 Å². The zero-order valence-electron chi connectivity index (χ0n) is 11.7. The first-order valence-electron chi connectivity index (χ1n) is 5.79. The first-order valence-corrected chi connectivity index (χ1v) is 5.79. The number of hydrogen-bond donors (Lipinski definition) is 0. The number of nitrogens with zero attached hydrogens (tertiary/aromatic N) is 1. The van der Waals surface area contributed by atoms with Gasteiger partial charge in [-0.2, -0.15) is 0 Å². The first-order chi connectivity index (χ1) is 7.30. The fourth-order valence-electron chi connectivity index (χ4n) is 1.33. The van der Waals surface area contributed by atoms with E-state index in [4.69, 9.17) is 4.74 Å². The highest BCUT2D eigenvalue weighted by Gasteiger charge is 2.18. The Kier molecular flexibility index (Phi) is 6.66. The van der Waals surface area contributed by atoms with Crippen LogP contribution in [0.3, 0.4) is 0 Å². The van der Waals surface area contributed by atoms with E-state index in [1.165, 1.54) is 16.7 Å². The zero-order chi connectivity index (χ0) is 12.3. The number of rotatable bonds is 4. The van der Waals surface area contributed by atoms with E-state index in [-0.39, 0.29) is 30.2 Å². The van der Waals surface area contributed by atoms with Gasteiger partial charge in [0.25, 0.3) is 0 Å². The van der Waals surface area contributed by atoms with Gasteiger partial charge in [0.05, 0.1) is 27.7 Å². The highest BCUT2D eigenvalue weighted by atomic mass is 127. The second-order valence-corrected chi connectivity index (χ2v) is 5.45. The van der Waals surface area contributed by atoms with E-state index in [0.29, 0.717) is 6.61 Å². The number of benzene rings is 1. The van der Waals surface area contributed by atoms with Gasteiger partial charge in [-0.1, -0.05) is 18.2 Å². The van der Waals surface area contributed by atoms with Crippen LogP contribution in [0, 0.1) is 13.8 Å². The summed E-state index contributed by atoms with van der Waals surface area (Å²) in [6, 6.07) is 6.51. The molecule has 0 radical (unpaired) electrons. The molecule has 0 saturated heterocycles. The Labute approximate surface area is 123 Å². The molecule has 0 aromatic heterocycles. The second kappa shape index (κ2) is 6.71. The van der Waals surface area contributed by atoms with Gasteiger partial charge in [-0.3, -0.25) is 0 Å². The van der Waals surface area contributed by atoms with Crippen LogP contribution < -0.4 is 24.0 Å². The average Bonchev–Trinajstić information content (AvgIpc) is 2.18. The monoisotopic (exact) mass is 349 g/mol. The Morgan fingerprint density at radius 1 is 1.12 bits per heavy atom. The van der Waals surface area contributed by atoms with Crippen LogP contribution in [0.2, 0.25) is 0 Å². The molecule has 1 unspecified atom stereocenters. The summed E-state index contributed by atoms with van der Waals surface area (Å²) in [6.45, 7) is 7.08. The number of quaternary nitrogens is 1. The Hall–Kier alpha value is -0.130. The van der Waals surface area contributed by atoms with Crippen LogP contribution in [0.1, 0.15) is 23.6 Å². The van der Waals surface area contributed by atoms with Crippen LogP contribution >= 0.6 is 0 Å². The van der Waals surface area contributed by atoms with Gasteiger partial charge >= 0.3 is 0 Å². The molecule has 0 bridgehead atoms. The molecule has 0 aliphatic heterocycles. The van der Waals surface area contributed by atoms with Crippen LogP contribution in [-0.4, -0.2) is 31.9 Å². The lowest BCUT2D eigenvalue weighted by Gasteiger charge is -2.31. The van der Waals surface area contributed by atoms with Crippen molar-refractivity contribution in [2.75, 3.05) is 21.1 Å². The summed E-state index contributed by atoms with van der Waals surface area (Å²) in [5.74, 6) is 0. The molecule has 1 rings (SSSR count). The summed E-state index contributed by atoms with van der Waals surface area (Å²) in [6.07, 6.45) is 0.210. The van der Waals surface area contributed by atoms with Gasteiger partial charge in [-0.05, 0) is 30.5 Å². The third kappa shape index (κ3) is 5.36. The van der Waals surface area contributed by atoms with E-state index in [1.54, 1.807) is 0 Å². The van der Waals surface area contributed by atoms with Crippen molar-refractivity contribution in [2.24, 2.45) is 0 Å². The van der Waals surface area contributed by atoms with Crippen molar-refractivity contribution in [3.63, 3.8) is 0 Å². The van der Waals surface area contributed by atoms with Crippen molar-refractivity contribution in [1.82, 2.24) is 0 Å². The molecule has 0 amide bonds. The maximum Gasteiger partial charge on any atom is 0.190 e. The van der Waals surface area contributed by atoms with Gasteiger partial charge in [0.2, 0.25) is 0 Å². The molecule has 1 aromatic rings. The van der Waals surface area contributed by atoms with Crippen molar-refractivity contribution < 1.29 is 33.2 Å². The van der Waals surface area contributed by atoms with Crippen LogP contribution in [0.4, 0.5) is 0 Å². The third-order valence-corrected chi connectivity index (χ3v) is 3.15. The molecule has 98 valence electrons. The molecule has 0 saturated carbocycles. The molecule has 0 heterocycles. The number of hydrogen-bond acceptors (Lipinski definition) is 1. The van der Waals surface area contributed by atoms with E-state index in [9.17, 15) is 0 Å². The standard InChI is InChI=1S/C14H24NO.HI/c1-11-7-8-14(9-12(11)2)10-16-13(3)15(4,5)6;/h7-9,13H,10H2,1-6H3;1H/q+1;/p-1. The van der Waals surface area contributed by atoms with Gasteiger partial charge in [0.1, 0.15) is 0 Å². The molecular weight excluding hydrogens is 325 g/mol. The van der Waals surface area contributed by atoms with Crippen molar-refractivity contribution in [2.45, 2.75) is 33.6 Å². The lowest BCUT2D eigenvalue weighted by atomic mass is 10.1. The van der Waals surface area contributed by atoms with Gasteiger partial charge in [0.15, 0.2) is 6.23 Å². The molecule has 0 spiro atoms. The van der Waals surface area contributed by atoms with E-state index in [1.807, 2.05) is 0 Å². The smallest absolute Gasteiger partial charge is 0.190 e. The lowest BCUT2D eigenvalue weighted by molar-refractivity contribution is -0.918. The minimum atomic E-state index is 0. The Morgan fingerprint density at radius 3 is 2.18 bits per heavy atom. The highest BCUT2D eigenvalue weighted by molar-refractivity contribution is 5.29. The molecule has 0 fully saturated rings. The second-order valence-electron chi connectivity index (χ2n) is 5.45. The minimum absolute atomic E-state index is 0. The van der Waals surface area contributed by atoms with Gasteiger partial charge < -0.3 is 33.2 Å². The maximum absolute atomic E-state index is 5.86. The third-order valence-electron chi connectivity index (χ3n) is 3.15. The quantitative estimate of drug-likeness (QED) is 0.418. The molecule has 2 nitrogen and oxygen atoms in total. The maximum atomic E-state index is 5.86. The van der Waals surface area contributed by atoms with Crippen LogP contribution in [0.5, 0.6) is 0 Å². The van der Waals surface area contributed by atoms with Gasteiger partial charge in [-0.25, -0.2) is 0 Å². The largest absolute Gasteiger partial charge is 1.00 e. The van der Waals surface area contributed by atoms with E-state index in [2.05, 4.69) is 60.1 Å². The number of ether oxygens (including phenoxy) is 1. The average molecular weight is 349 g/mol. The normalized spacial score (nSPS) is 13.1. The van der Waals surface area contributed by atoms with Gasteiger partial charge in [-0.15, -0.1) is 0 Å². The Balaban J connectivity index is 0.00000256. The molecule has 1 atom stereocenters. The fraction of sp³-hybridized carbons (Fsp3) is 0.571. The minimum Gasteiger partial charge on any atom is -1.00 e. The highest BCUT2D eigenvalue weighted by Crippen LogP contribution is 2.13. The topological polar surface area (TPSA) is 9.23 Å². The molecule has 1 aromatic carbocycles. The number of halogens is 1. The summed E-state index contributed by atoms with van der Waals surface area (Å²) in [5, 5.41) is 0. The van der Waals surface area contributed by atoms with Crippen molar-refractivity contribution in [3.8, 4) is 0 Å².